The van der Waals surface area contributed by atoms with E-state index >= 15 is 0 Å². The van der Waals surface area contributed by atoms with Gasteiger partial charge in [0.05, 0.1) is 5.60 Å². The Morgan fingerprint density at radius 1 is 1.32 bits per heavy atom. The van der Waals surface area contributed by atoms with Crippen molar-refractivity contribution in [1.29, 1.82) is 0 Å². The number of nitrogens with one attached hydrogen (secondary N) is 1. The number of aliphatic hydroxyl groups is 1. The summed E-state index contributed by atoms with van der Waals surface area (Å²) >= 11 is 0. The van der Waals surface area contributed by atoms with Gasteiger partial charge in [-0.05, 0) is 57.4 Å². The van der Waals surface area contributed by atoms with E-state index in [-0.39, 0.29) is 5.91 Å². The van der Waals surface area contributed by atoms with E-state index in [1.165, 1.54) is 5.56 Å². The Morgan fingerprint density at radius 2 is 1.95 bits per heavy atom. The average molecular weight is 304 g/mol. The number of hydrogen-bond acceptors (Lipinski definition) is 3. The van der Waals surface area contributed by atoms with Crippen LogP contribution in [-0.2, 0) is 6.54 Å². The fraction of sp³-hybridized carbons (Fsp3) is 0.611. The summed E-state index contributed by atoms with van der Waals surface area (Å²) in [5, 5.41) is 12.8. The van der Waals surface area contributed by atoms with Crippen LogP contribution in [0.2, 0.25) is 0 Å². The van der Waals surface area contributed by atoms with Crippen molar-refractivity contribution in [2.45, 2.75) is 58.2 Å². The van der Waals surface area contributed by atoms with E-state index in [0.29, 0.717) is 18.2 Å². The molecule has 2 N–H and O–H groups in total. The molecule has 0 saturated heterocycles. The molecule has 1 amide bonds. The number of carbonyl (C=O) groups is 1. The van der Waals surface area contributed by atoms with Gasteiger partial charge in [-0.2, -0.15) is 0 Å². The zero-order chi connectivity index (χ0) is 16.2. The first-order valence-electron chi connectivity index (χ1n) is 8.27. The molecule has 0 unspecified atom stereocenters. The van der Waals surface area contributed by atoms with E-state index in [0.717, 1.165) is 32.4 Å². The van der Waals surface area contributed by atoms with Crippen molar-refractivity contribution in [1.82, 2.24) is 10.2 Å². The van der Waals surface area contributed by atoms with Crippen LogP contribution in [0.25, 0.3) is 0 Å². The van der Waals surface area contributed by atoms with Crippen molar-refractivity contribution >= 4 is 5.91 Å². The monoisotopic (exact) mass is 304 g/mol. The number of benzene rings is 1. The quantitative estimate of drug-likeness (QED) is 0.814. The summed E-state index contributed by atoms with van der Waals surface area (Å²) in [7, 11) is 0. The van der Waals surface area contributed by atoms with Gasteiger partial charge in [-0.15, -0.1) is 0 Å². The van der Waals surface area contributed by atoms with E-state index in [2.05, 4.69) is 31.0 Å². The lowest BCUT2D eigenvalue weighted by Gasteiger charge is -2.36. The maximum Gasteiger partial charge on any atom is 0.251 e. The summed E-state index contributed by atoms with van der Waals surface area (Å²) in [6.07, 6.45) is 2.62. The van der Waals surface area contributed by atoms with Crippen LogP contribution < -0.4 is 5.32 Å². The molecule has 0 aliphatic heterocycles. The Morgan fingerprint density at radius 3 is 2.41 bits per heavy atom. The normalized spacial score (nSPS) is 16.6. The molecule has 1 saturated carbocycles. The summed E-state index contributed by atoms with van der Waals surface area (Å²) in [5.41, 5.74) is 1.19. The maximum atomic E-state index is 12.1. The third kappa shape index (κ3) is 4.31. The molecule has 1 aromatic rings. The maximum absolute atomic E-state index is 12.1. The molecule has 1 fully saturated rings. The smallest absolute Gasteiger partial charge is 0.251 e. The lowest BCUT2D eigenvalue weighted by atomic mass is 9.80. The molecule has 0 spiro atoms. The zero-order valence-corrected chi connectivity index (χ0v) is 13.9. The van der Waals surface area contributed by atoms with Gasteiger partial charge in [-0.1, -0.05) is 19.1 Å². The molecule has 4 nitrogen and oxygen atoms in total. The van der Waals surface area contributed by atoms with E-state index < -0.39 is 5.60 Å². The molecule has 122 valence electrons. The van der Waals surface area contributed by atoms with Crippen molar-refractivity contribution in [2.75, 3.05) is 13.1 Å². The summed E-state index contributed by atoms with van der Waals surface area (Å²) < 4.78 is 0. The fourth-order valence-corrected chi connectivity index (χ4v) is 2.76. The minimum absolute atomic E-state index is 0.108. The predicted molar refractivity (Wildman–Crippen MR) is 88.8 cm³/mol. The van der Waals surface area contributed by atoms with Crippen LogP contribution in [0.1, 0.15) is 56.0 Å². The lowest BCUT2D eigenvalue weighted by Crippen LogP contribution is -2.47. The number of hydrogen-bond donors (Lipinski definition) is 2. The summed E-state index contributed by atoms with van der Waals surface area (Å²) in [6, 6.07) is 8.26. The molecule has 1 aliphatic rings. The van der Waals surface area contributed by atoms with E-state index in [4.69, 9.17) is 0 Å². The highest BCUT2D eigenvalue weighted by Gasteiger charge is 2.34. The first kappa shape index (κ1) is 17.0. The summed E-state index contributed by atoms with van der Waals surface area (Å²) in [4.78, 5) is 14.5. The van der Waals surface area contributed by atoms with Gasteiger partial charge < -0.3 is 10.4 Å². The van der Waals surface area contributed by atoms with Crippen molar-refractivity contribution in [3.05, 3.63) is 35.4 Å². The van der Waals surface area contributed by atoms with Crippen molar-refractivity contribution < 1.29 is 9.90 Å². The van der Waals surface area contributed by atoms with Gasteiger partial charge in [0, 0.05) is 24.7 Å². The van der Waals surface area contributed by atoms with Gasteiger partial charge in [0.1, 0.15) is 0 Å². The second kappa shape index (κ2) is 7.25. The van der Waals surface area contributed by atoms with Crippen LogP contribution in [0.3, 0.4) is 0 Å². The summed E-state index contributed by atoms with van der Waals surface area (Å²) in [5.74, 6) is -0.108. The van der Waals surface area contributed by atoms with Gasteiger partial charge in [0.2, 0.25) is 0 Å². The largest absolute Gasteiger partial charge is 0.388 e. The molecule has 1 aromatic carbocycles. The second-order valence-electron chi connectivity index (χ2n) is 6.61. The fourth-order valence-electron chi connectivity index (χ4n) is 2.76. The molecular weight excluding hydrogens is 276 g/mol. The SMILES string of the molecule is CCN(Cc1ccc(C(=O)NCC2(O)CCC2)cc1)C(C)C. The Bertz CT molecular complexity index is 492. The molecule has 0 aromatic heterocycles. The average Bonchev–Trinajstić information content (AvgIpc) is 2.48. The Labute approximate surface area is 133 Å². The van der Waals surface area contributed by atoms with Gasteiger partial charge in [-0.3, -0.25) is 9.69 Å². The van der Waals surface area contributed by atoms with Crippen LogP contribution in [0.4, 0.5) is 0 Å². The number of nitrogens with zero attached hydrogens (tertiary/aromatic N) is 1. The van der Waals surface area contributed by atoms with Crippen LogP contribution in [0.15, 0.2) is 24.3 Å². The van der Waals surface area contributed by atoms with E-state index in [1.807, 2.05) is 24.3 Å². The van der Waals surface area contributed by atoms with Gasteiger partial charge >= 0.3 is 0 Å². The zero-order valence-electron chi connectivity index (χ0n) is 13.9. The van der Waals surface area contributed by atoms with E-state index in [1.54, 1.807) is 0 Å². The van der Waals surface area contributed by atoms with Gasteiger partial charge in [-0.25, -0.2) is 0 Å². The van der Waals surface area contributed by atoms with Crippen LogP contribution in [0.5, 0.6) is 0 Å². The van der Waals surface area contributed by atoms with Crippen LogP contribution in [-0.4, -0.2) is 40.6 Å². The molecule has 0 heterocycles. The molecule has 22 heavy (non-hydrogen) atoms. The summed E-state index contributed by atoms with van der Waals surface area (Å²) in [6.45, 7) is 8.80. The minimum atomic E-state index is -0.672. The Balaban J connectivity index is 1.89. The van der Waals surface area contributed by atoms with Crippen LogP contribution in [0, 0.1) is 0 Å². The molecule has 2 rings (SSSR count). The van der Waals surface area contributed by atoms with Crippen molar-refractivity contribution in [3.8, 4) is 0 Å². The number of carbonyl (C=O) groups excluding carboxylic acids is 1. The molecule has 0 bridgehead atoms. The molecule has 1 aliphatic carbocycles. The minimum Gasteiger partial charge on any atom is -0.388 e. The third-order valence-electron chi connectivity index (χ3n) is 4.60. The Kier molecular flexibility index (Phi) is 5.59. The number of amides is 1. The lowest BCUT2D eigenvalue weighted by molar-refractivity contribution is -0.0300. The first-order valence-corrected chi connectivity index (χ1v) is 8.27. The highest BCUT2D eigenvalue weighted by Crippen LogP contribution is 2.30. The number of rotatable bonds is 7. The molecule has 4 heteroatoms. The van der Waals surface area contributed by atoms with E-state index in [9.17, 15) is 9.90 Å². The van der Waals surface area contributed by atoms with Crippen LogP contribution >= 0.6 is 0 Å². The van der Waals surface area contributed by atoms with Gasteiger partial charge in [0.15, 0.2) is 0 Å². The molecular formula is C18H28N2O2. The van der Waals surface area contributed by atoms with Crippen molar-refractivity contribution in [3.63, 3.8) is 0 Å². The molecule has 0 radical (unpaired) electrons. The molecule has 0 atom stereocenters. The second-order valence-corrected chi connectivity index (χ2v) is 6.61. The topological polar surface area (TPSA) is 52.6 Å². The third-order valence-corrected chi connectivity index (χ3v) is 4.60. The van der Waals surface area contributed by atoms with Gasteiger partial charge in [0.25, 0.3) is 5.91 Å². The predicted octanol–water partition coefficient (Wildman–Crippen LogP) is 2.56. The standard InChI is InChI=1S/C18H28N2O2/c1-4-20(14(2)3)12-15-6-8-16(9-7-15)17(21)19-13-18(22)10-5-11-18/h6-9,14,22H,4-5,10-13H2,1-3H3,(H,19,21). The Hall–Kier alpha value is -1.39. The highest BCUT2D eigenvalue weighted by molar-refractivity contribution is 5.94. The highest BCUT2D eigenvalue weighted by atomic mass is 16.3. The first-order chi connectivity index (χ1) is 10.4. The van der Waals surface area contributed by atoms with Crippen molar-refractivity contribution in [2.24, 2.45) is 0 Å².